The van der Waals surface area contributed by atoms with Gasteiger partial charge in [-0.05, 0) is 0 Å². The van der Waals surface area contributed by atoms with Crippen LogP contribution in [0.25, 0.3) is 0 Å². The molecule has 0 radical (unpaired) electrons. The van der Waals surface area contributed by atoms with Crippen molar-refractivity contribution in [2.45, 2.75) is 154 Å². The standard InChI is InChI=1S/C30H53O74PS15.2Na/c31-26-21(19(99-115(62,63)64)15(98-114(59,60)61)7(85-26)2-81-106(35,36)37)93-29-24(103-119(74,75)76)18(13(96-112(53,54)55)10(89-29)5-84-109(44,45)46)91-27-22(101-117(68,69)70)16(11(94-110(47,48)49)8(87-27)3-82-107(38,39)40)90-28-23(102-118(71,72)73)17(12(95-111(50,51)52)9(88-28)4-83-108(41,42)43)92-30-25(104-120(77,78)79)20(100-116(65,66)67)14(97-113(56,57)58)6(86-30)1-80-105(32,33)34;;/h6-31H,1-5H2,(H2,32,33,34)(H,35,36,37)(H,38,39,40)(H,41,42,43)(H,44,45,46)(H,47,48,49)(H,50,51,52)(H,53,54,55)(H,56,57,58)(H,59,60,61)(H,62,63,64)(H,65,66,67)(H,68,69,70)(H,71,72,73)(H,74,75,76)(H,77,78,79);;/q;2*+1/t6-,7-,8-,9-,10-,11-,12-,13-,14-,15-,16+,17+,18+,19+,20+,21+,22+,23+,24+,25+,26?,27-,28-,29-,30-;;/m1../s1. The molecule has 0 aromatic rings. The van der Waals surface area contributed by atoms with Crippen LogP contribution in [-0.2, 0) is 270 Å². The van der Waals surface area contributed by atoms with Gasteiger partial charge < -0.3 is 57.5 Å². The maximum atomic E-state index is 13.3. The Balaban J connectivity index is 0.0000192. The van der Waals surface area contributed by atoms with Gasteiger partial charge in [0.05, 0.1) is 33.0 Å². The Morgan fingerprint density at radius 1 is 0.213 bits per heavy atom. The molecule has 0 bridgehead atoms. The largest absolute Gasteiger partial charge is 1.00 e. The van der Waals surface area contributed by atoms with Crippen LogP contribution in [0.3, 0.4) is 0 Å². The number of hydrogen-bond acceptors (Lipinski definition) is 57. The fraction of sp³-hybridized carbons (Fsp3) is 1.00. The topological polar surface area (TPSA) is 1120 Å². The van der Waals surface area contributed by atoms with Crippen LogP contribution >= 0.6 is 7.82 Å². The van der Waals surface area contributed by atoms with E-state index in [4.69, 9.17) is 42.6 Å². The quantitative estimate of drug-likeness (QED) is 0.0153. The Morgan fingerprint density at radius 3 is 0.566 bits per heavy atom. The molecule has 5 fully saturated rings. The third-order valence-corrected chi connectivity index (χ3v) is 21.0. The molecular formula is C30H53Na2O74PS15+2. The molecule has 0 aliphatic carbocycles. The number of ether oxygens (including phenoxy) is 9. The number of rotatable bonds is 45. The van der Waals surface area contributed by atoms with Gasteiger partial charge in [-0.3, -0.25) is 72.8 Å². The number of aliphatic hydroxyl groups is 1. The molecule has 18 N–H and O–H groups in total. The fourth-order valence-corrected chi connectivity index (χ4v) is 17.3. The Hall–Kier alpha value is -0.240. The maximum absolute atomic E-state index is 13.3. The van der Waals surface area contributed by atoms with E-state index in [0.717, 1.165) is 0 Å². The first kappa shape index (κ1) is 116. The van der Waals surface area contributed by atoms with Crippen LogP contribution in [0.2, 0.25) is 0 Å². The summed E-state index contributed by atoms with van der Waals surface area (Å²) in [6, 6.07) is 0. The molecule has 5 saturated heterocycles. The summed E-state index contributed by atoms with van der Waals surface area (Å²) in [6.07, 6.45) is -96.1. The van der Waals surface area contributed by atoms with Crippen molar-refractivity contribution in [1.82, 2.24) is 0 Å². The summed E-state index contributed by atoms with van der Waals surface area (Å²) in [6.45, 7) is -11.9. The van der Waals surface area contributed by atoms with Crippen molar-refractivity contribution < 1.29 is 383 Å². The van der Waals surface area contributed by atoms with Gasteiger partial charge in [-0.25, -0.2) is 67.3 Å². The fourth-order valence-electron chi connectivity index (χ4n) is 10.3. The molecular weight excluding hydrogens is 2100 g/mol. The zero-order valence-corrected chi connectivity index (χ0v) is 74.6. The number of aliphatic hydroxyl groups excluding tert-OH is 1. The molecule has 712 valence electrons. The molecule has 0 amide bonds. The first-order valence-corrected chi connectivity index (χ1v) is 50.3. The molecule has 0 saturated carbocycles. The minimum absolute atomic E-state index is 0. The van der Waals surface area contributed by atoms with Crippen LogP contribution in [0, 0.1) is 0 Å². The van der Waals surface area contributed by atoms with E-state index in [1.165, 1.54) is 0 Å². The van der Waals surface area contributed by atoms with E-state index >= 15 is 0 Å². The van der Waals surface area contributed by atoms with E-state index in [1.54, 1.807) is 0 Å². The second-order valence-corrected chi connectivity index (χ2v) is 39.3. The van der Waals surface area contributed by atoms with E-state index in [2.05, 4.69) is 67.3 Å². The van der Waals surface area contributed by atoms with Crippen LogP contribution in [-0.4, -0.2) is 396 Å². The SMILES string of the molecule is O=P(O)(O)OC[C@H]1O[C@H](O[C@@H]2[C@H](OS(=O)(=O)O)[C@@H](O[C@@H]3[C@H](OS(=O)(=O)O)[C@@H](O[C@@H]4[C@H](OS(=O)(=O)O)[C@@H](O[C@@H]5C(O)O[C@H](COS(=O)(=O)O)[C@@H](OS(=O)(=O)O)[C@@H]5OS(=O)(=O)O)O[C@H](COS(=O)(=O)O)[C@H]4OS(=O)(=O)O)O[C@H](COS(=O)(=O)O)[C@H]3OS(=O)(=O)O)O[C@H](COS(=O)(=O)O)[C@H]2OS(=O)(=O)O)[C@@H](OS(=O)(=O)O)[C@@H](OS(=O)(=O)O)[C@@H]1OS(=O)(=O)O.[Na+].[Na+]. The van der Waals surface area contributed by atoms with E-state index < -0.39 is 350 Å². The summed E-state index contributed by atoms with van der Waals surface area (Å²) >= 11 is 0. The third-order valence-electron chi connectivity index (χ3n) is 13.6. The second-order valence-electron chi connectivity index (χ2n) is 22.1. The molecule has 5 heterocycles. The molecule has 5 aliphatic rings. The normalized spacial score (nSPS) is 32.8. The van der Waals surface area contributed by atoms with Crippen LogP contribution < -0.4 is 59.1 Å². The summed E-state index contributed by atoms with van der Waals surface area (Å²) in [4.78, 5) is 19.1. The summed E-state index contributed by atoms with van der Waals surface area (Å²) in [5.41, 5.74) is 0. The van der Waals surface area contributed by atoms with Crippen LogP contribution in [0.5, 0.6) is 0 Å². The molecule has 0 spiro atoms. The van der Waals surface area contributed by atoms with E-state index in [1.807, 2.05) is 0 Å². The second kappa shape index (κ2) is 43.0. The van der Waals surface area contributed by atoms with Crippen molar-refractivity contribution in [3.63, 3.8) is 0 Å². The van der Waals surface area contributed by atoms with Gasteiger partial charge in [-0.2, -0.15) is 126 Å². The number of hydrogen-bond donors (Lipinski definition) is 18. The average Bonchev–Trinajstić information content (AvgIpc) is 0.745. The summed E-state index contributed by atoms with van der Waals surface area (Å²) < 4.78 is 651. The first-order valence-electron chi connectivity index (χ1n) is 28.2. The van der Waals surface area contributed by atoms with Gasteiger partial charge in [0, 0.05) is 0 Å². The van der Waals surface area contributed by atoms with Crippen LogP contribution in [0.15, 0.2) is 0 Å². The number of phosphoric ester groups is 1. The smallest absolute Gasteiger partial charge is 0.366 e. The maximum Gasteiger partial charge on any atom is 1.00 e. The minimum Gasteiger partial charge on any atom is -0.366 e. The molecule has 92 heteroatoms. The molecule has 122 heavy (non-hydrogen) atoms. The first-order chi connectivity index (χ1) is 53.3. The zero-order chi connectivity index (χ0) is 92.6. The Bertz CT molecular complexity index is 5490. The predicted octanol–water partition coefficient (Wildman–Crippen LogP) is -20.4. The molecule has 25 atom stereocenters. The Morgan fingerprint density at radius 2 is 0.369 bits per heavy atom. The summed E-state index contributed by atoms with van der Waals surface area (Å²) in [5, 5.41) is 11.3. The van der Waals surface area contributed by atoms with E-state index in [-0.39, 0.29) is 59.1 Å². The van der Waals surface area contributed by atoms with Gasteiger partial charge in [0.1, 0.15) is 97.7 Å². The minimum atomic E-state index is -7.10. The molecule has 5 rings (SSSR count). The van der Waals surface area contributed by atoms with Gasteiger partial charge in [-0.15, -0.1) is 0 Å². The summed E-state index contributed by atoms with van der Waals surface area (Å²) in [5.74, 6) is 0. The van der Waals surface area contributed by atoms with E-state index in [9.17, 15) is 214 Å². The van der Waals surface area contributed by atoms with E-state index in [0.29, 0.717) is 0 Å². The predicted molar refractivity (Wildman–Crippen MR) is 334 cm³/mol. The third kappa shape index (κ3) is 41.9. The van der Waals surface area contributed by atoms with Gasteiger partial charge in [0.15, 0.2) is 55.9 Å². The molecule has 74 nitrogen and oxygen atoms in total. The van der Waals surface area contributed by atoms with Crippen molar-refractivity contribution in [2.75, 3.05) is 33.0 Å². The Kier molecular flexibility index (Phi) is 40.8. The van der Waals surface area contributed by atoms with Crippen LogP contribution in [0.1, 0.15) is 0 Å². The van der Waals surface area contributed by atoms with Crippen molar-refractivity contribution in [1.29, 1.82) is 0 Å². The summed E-state index contributed by atoms with van der Waals surface area (Å²) in [7, 11) is -106. The van der Waals surface area contributed by atoms with Crippen molar-refractivity contribution >= 4 is 164 Å². The average molecular weight is 2160 g/mol. The molecule has 5 aliphatic heterocycles. The Labute approximate surface area is 726 Å². The van der Waals surface area contributed by atoms with Crippen LogP contribution in [0.4, 0.5) is 0 Å². The van der Waals surface area contributed by atoms with Crippen molar-refractivity contribution in [2.24, 2.45) is 0 Å². The van der Waals surface area contributed by atoms with Gasteiger partial charge >= 0.3 is 223 Å². The monoisotopic (exact) mass is 2150 g/mol. The van der Waals surface area contributed by atoms with Crippen molar-refractivity contribution in [3.05, 3.63) is 0 Å². The number of phosphoric acid groups is 1. The van der Waals surface area contributed by atoms with Gasteiger partial charge in [-0.1, -0.05) is 0 Å². The zero-order valence-electron chi connectivity index (χ0n) is 57.5. The van der Waals surface area contributed by atoms with Gasteiger partial charge in [0.2, 0.25) is 0 Å². The molecule has 0 aromatic carbocycles. The molecule has 0 aromatic heterocycles. The van der Waals surface area contributed by atoms with Gasteiger partial charge in [0.25, 0.3) is 0 Å². The molecule has 1 unspecified atom stereocenters. The van der Waals surface area contributed by atoms with Crippen molar-refractivity contribution in [3.8, 4) is 0 Å².